The van der Waals surface area contributed by atoms with E-state index < -0.39 is 0 Å². The highest BCUT2D eigenvalue weighted by atomic mass is 14.8. The van der Waals surface area contributed by atoms with Crippen LogP contribution in [0.1, 0.15) is 25.7 Å². The highest BCUT2D eigenvalue weighted by Gasteiger charge is 2.26. The minimum Gasteiger partial charge on any atom is -0.297 e. The van der Waals surface area contributed by atoms with E-state index >= 15 is 0 Å². The normalized spacial score (nSPS) is 40.9. The summed E-state index contributed by atoms with van der Waals surface area (Å²) < 4.78 is 0. The summed E-state index contributed by atoms with van der Waals surface area (Å²) in [6, 6.07) is 0. The minimum absolute atomic E-state index is 0.874. The third-order valence-corrected chi connectivity index (χ3v) is 2.60. The van der Waals surface area contributed by atoms with Crippen molar-refractivity contribution >= 4 is 6.21 Å². The van der Waals surface area contributed by atoms with Crippen LogP contribution in [0.3, 0.4) is 0 Å². The molecule has 1 heterocycles. The lowest BCUT2D eigenvalue weighted by molar-refractivity contribution is 0.332. The van der Waals surface area contributed by atoms with Gasteiger partial charge in [0.2, 0.25) is 0 Å². The van der Waals surface area contributed by atoms with Crippen molar-refractivity contribution < 1.29 is 0 Å². The Morgan fingerprint density at radius 3 is 3.00 bits per heavy atom. The lowest BCUT2D eigenvalue weighted by Crippen LogP contribution is -2.17. The molecule has 1 aliphatic heterocycles. The number of rotatable bonds is 0. The van der Waals surface area contributed by atoms with Crippen LogP contribution >= 0.6 is 0 Å². The predicted octanol–water partition coefficient (Wildman–Crippen LogP) is 1.88. The second-order valence-corrected chi connectivity index (χ2v) is 3.22. The van der Waals surface area contributed by atoms with E-state index in [0.717, 1.165) is 18.4 Å². The molecule has 0 radical (unpaired) electrons. The summed E-state index contributed by atoms with van der Waals surface area (Å²) in [6.45, 7) is 1.13. The molecule has 1 nitrogen and oxygen atoms in total. The van der Waals surface area contributed by atoms with Crippen molar-refractivity contribution in [2.75, 3.05) is 6.54 Å². The second kappa shape index (κ2) is 2.13. The molecule has 1 saturated carbocycles. The first-order valence-electron chi connectivity index (χ1n) is 3.97. The first-order chi connectivity index (χ1) is 4.47. The van der Waals surface area contributed by atoms with Crippen molar-refractivity contribution in [3.05, 3.63) is 0 Å². The molecule has 1 unspecified atom stereocenters. The highest BCUT2D eigenvalue weighted by Crippen LogP contribution is 2.31. The van der Waals surface area contributed by atoms with Gasteiger partial charge in [-0.2, -0.15) is 0 Å². The van der Waals surface area contributed by atoms with Crippen LogP contribution in [0.4, 0.5) is 0 Å². The zero-order valence-corrected chi connectivity index (χ0v) is 5.71. The van der Waals surface area contributed by atoms with Gasteiger partial charge in [-0.1, -0.05) is 12.8 Å². The smallest absolute Gasteiger partial charge is 0.0419 e. The van der Waals surface area contributed by atoms with Crippen LogP contribution in [0.5, 0.6) is 0 Å². The Morgan fingerprint density at radius 1 is 1.22 bits per heavy atom. The van der Waals surface area contributed by atoms with Gasteiger partial charge in [0.1, 0.15) is 0 Å². The third-order valence-electron chi connectivity index (χ3n) is 2.60. The quantitative estimate of drug-likeness (QED) is 0.466. The fourth-order valence-corrected chi connectivity index (χ4v) is 1.99. The van der Waals surface area contributed by atoms with Crippen molar-refractivity contribution in [1.29, 1.82) is 0 Å². The average Bonchev–Trinajstić information content (AvgIpc) is 2.33. The number of nitrogens with zero attached hydrogens (tertiary/aromatic N) is 1. The maximum absolute atomic E-state index is 4.30. The maximum atomic E-state index is 4.30. The lowest BCUT2D eigenvalue weighted by atomic mass is 9.82. The van der Waals surface area contributed by atoms with E-state index in [0.29, 0.717) is 0 Å². The van der Waals surface area contributed by atoms with E-state index in [-0.39, 0.29) is 0 Å². The third kappa shape index (κ3) is 0.887. The SMILES string of the molecule is C1=NC[C@H]2CCCCC12. The fraction of sp³-hybridized carbons (Fsp3) is 0.875. The second-order valence-electron chi connectivity index (χ2n) is 3.22. The topological polar surface area (TPSA) is 12.4 Å². The molecular formula is C8H13N. The lowest BCUT2D eigenvalue weighted by Gasteiger charge is -2.22. The molecule has 0 amide bonds. The number of hydrogen-bond acceptors (Lipinski definition) is 1. The number of hydrogen-bond donors (Lipinski definition) is 0. The predicted molar refractivity (Wildman–Crippen MR) is 38.8 cm³/mol. The molecule has 0 N–H and O–H groups in total. The molecule has 9 heavy (non-hydrogen) atoms. The Bertz CT molecular complexity index is 129. The van der Waals surface area contributed by atoms with Gasteiger partial charge in [0.05, 0.1) is 0 Å². The fourth-order valence-electron chi connectivity index (χ4n) is 1.99. The molecule has 1 fully saturated rings. The monoisotopic (exact) mass is 123 g/mol. The summed E-state index contributed by atoms with van der Waals surface area (Å²) in [6.07, 6.45) is 7.92. The van der Waals surface area contributed by atoms with Crippen LogP contribution in [0.15, 0.2) is 4.99 Å². The summed E-state index contributed by atoms with van der Waals surface area (Å²) in [5.74, 6) is 1.82. The highest BCUT2D eigenvalue weighted by molar-refractivity contribution is 5.63. The Labute approximate surface area is 56.2 Å². The summed E-state index contributed by atoms with van der Waals surface area (Å²) in [4.78, 5) is 4.30. The zero-order valence-electron chi connectivity index (χ0n) is 5.71. The molecule has 50 valence electrons. The summed E-state index contributed by atoms with van der Waals surface area (Å²) in [5, 5.41) is 0. The van der Waals surface area contributed by atoms with Crippen molar-refractivity contribution in [1.82, 2.24) is 0 Å². The Kier molecular flexibility index (Phi) is 1.29. The zero-order chi connectivity index (χ0) is 6.10. The molecule has 1 aliphatic carbocycles. The van der Waals surface area contributed by atoms with Gasteiger partial charge in [-0.05, 0) is 24.7 Å². The van der Waals surface area contributed by atoms with Gasteiger partial charge in [0.25, 0.3) is 0 Å². The molecule has 0 saturated heterocycles. The van der Waals surface area contributed by atoms with Gasteiger partial charge in [-0.3, -0.25) is 4.99 Å². The summed E-state index contributed by atoms with van der Waals surface area (Å²) >= 11 is 0. The first-order valence-corrected chi connectivity index (χ1v) is 3.97. The van der Waals surface area contributed by atoms with E-state index in [1.54, 1.807) is 0 Å². The Morgan fingerprint density at radius 2 is 2.11 bits per heavy atom. The standard InChI is InChI=1S/C8H13N/c1-2-4-8-6-9-5-7(8)3-1/h5,7-8H,1-4,6H2/t7?,8-/m1/s1. The van der Waals surface area contributed by atoms with E-state index in [2.05, 4.69) is 11.2 Å². The molecule has 1 heteroatoms. The molecule has 0 aromatic carbocycles. The largest absolute Gasteiger partial charge is 0.297 e. The average molecular weight is 123 g/mol. The van der Waals surface area contributed by atoms with Gasteiger partial charge in [0.15, 0.2) is 0 Å². The van der Waals surface area contributed by atoms with E-state index in [9.17, 15) is 0 Å². The van der Waals surface area contributed by atoms with Crippen LogP contribution in [0, 0.1) is 11.8 Å². The molecule has 0 aromatic heterocycles. The van der Waals surface area contributed by atoms with Crippen molar-refractivity contribution in [2.45, 2.75) is 25.7 Å². The molecular weight excluding hydrogens is 110 g/mol. The molecule has 2 aliphatic rings. The maximum Gasteiger partial charge on any atom is 0.0419 e. The van der Waals surface area contributed by atoms with Crippen molar-refractivity contribution in [3.8, 4) is 0 Å². The number of fused-ring (bicyclic) bond motifs is 1. The van der Waals surface area contributed by atoms with E-state index in [1.165, 1.54) is 25.7 Å². The van der Waals surface area contributed by atoms with Gasteiger partial charge < -0.3 is 0 Å². The molecule has 2 atom stereocenters. The molecule has 0 aromatic rings. The molecule has 0 bridgehead atoms. The molecule has 2 rings (SSSR count). The summed E-state index contributed by atoms with van der Waals surface area (Å²) in [5.41, 5.74) is 0. The Hall–Kier alpha value is -0.330. The van der Waals surface area contributed by atoms with Crippen LogP contribution in [-0.2, 0) is 0 Å². The van der Waals surface area contributed by atoms with Crippen LogP contribution in [-0.4, -0.2) is 12.8 Å². The van der Waals surface area contributed by atoms with Gasteiger partial charge in [0, 0.05) is 12.8 Å². The van der Waals surface area contributed by atoms with Crippen LogP contribution in [0.2, 0.25) is 0 Å². The minimum atomic E-state index is 0.874. The van der Waals surface area contributed by atoms with Crippen molar-refractivity contribution in [3.63, 3.8) is 0 Å². The van der Waals surface area contributed by atoms with E-state index in [1.807, 2.05) is 0 Å². The first kappa shape index (κ1) is 5.45. The van der Waals surface area contributed by atoms with Crippen LogP contribution < -0.4 is 0 Å². The Balaban J connectivity index is 2.03. The van der Waals surface area contributed by atoms with Crippen LogP contribution in [0.25, 0.3) is 0 Å². The van der Waals surface area contributed by atoms with E-state index in [4.69, 9.17) is 0 Å². The van der Waals surface area contributed by atoms with Gasteiger partial charge >= 0.3 is 0 Å². The number of aliphatic imine (C=N–C) groups is 1. The van der Waals surface area contributed by atoms with Gasteiger partial charge in [-0.15, -0.1) is 0 Å². The summed E-state index contributed by atoms with van der Waals surface area (Å²) in [7, 11) is 0. The molecule has 0 spiro atoms. The van der Waals surface area contributed by atoms with Crippen molar-refractivity contribution in [2.24, 2.45) is 16.8 Å². The van der Waals surface area contributed by atoms with Gasteiger partial charge in [-0.25, -0.2) is 0 Å².